The maximum atomic E-state index is 11.4. The number of carbonyl (C=O) groups is 1. The van der Waals surface area contributed by atoms with Crippen molar-refractivity contribution in [2.75, 3.05) is 6.54 Å². The summed E-state index contributed by atoms with van der Waals surface area (Å²) < 4.78 is 0. The van der Waals surface area contributed by atoms with Gasteiger partial charge in [-0.05, 0) is 30.2 Å². The standard InChI is InChI=1S/C12H19NOS/c1-10(2)7-8-13-12(14)6-5-11-4-3-9-15-11/h3-4,9-10H,5-8H2,1-2H3,(H,13,14). The van der Waals surface area contributed by atoms with Crippen LogP contribution in [0.25, 0.3) is 0 Å². The summed E-state index contributed by atoms with van der Waals surface area (Å²) >= 11 is 1.71. The van der Waals surface area contributed by atoms with Crippen molar-refractivity contribution >= 4 is 17.2 Å². The lowest BCUT2D eigenvalue weighted by atomic mass is 10.1. The zero-order valence-electron chi connectivity index (χ0n) is 9.45. The van der Waals surface area contributed by atoms with Gasteiger partial charge in [-0.15, -0.1) is 11.3 Å². The molecule has 0 aromatic carbocycles. The number of nitrogens with one attached hydrogen (secondary N) is 1. The molecule has 0 bridgehead atoms. The Morgan fingerprint density at radius 2 is 2.33 bits per heavy atom. The van der Waals surface area contributed by atoms with Crippen LogP contribution in [-0.4, -0.2) is 12.5 Å². The molecule has 2 nitrogen and oxygen atoms in total. The van der Waals surface area contributed by atoms with Gasteiger partial charge in [0.25, 0.3) is 0 Å². The number of thiophene rings is 1. The minimum absolute atomic E-state index is 0.170. The SMILES string of the molecule is CC(C)CCNC(=O)CCc1cccs1. The molecule has 15 heavy (non-hydrogen) atoms. The van der Waals surface area contributed by atoms with Gasteiger partial charge in [-0.1, -0.05) is 19.9 Å². The first kappa shape index (κ1) is 12.2. The van der Waals surface area contributed by atoms with Gasteiger partial charge >= 0.3 is 0 Å². The molecule has 1 rings (SSSR count). The fourth-order valence-electron chi connectivity index (χ4n) is 1.28. The number of rotatable bonds is 6. The Bertz CT molecular complexity index is 280. The molecule has 1 aromatic rings. The van der Waals surface area contributed by atoms with Crippen LogP contribution in [0.15, 0.2) is 17.5 Å². The van der Waals surface area contributed by atoms with Crippen LogP contribution < -0.4 is 5.32 Å². The van der Waals surface area contributed by atoms with Crippen molar-refractivity contribution < 1.29 is 4.79 Å². The lowest BCUT2D eigenvalue weighted by Crippen LogP contribution is -2.25. The number of hydrogen-bond acceptors (Lipinski definition) is 2. The zero-order valence-corrected chi connectivity index (χ0v) is 10.3. The molecular formula is C12H19NOS. The summed E-state index contributed by atoms with van der Waals surface area (Å²) in [7, 11) is 0. The van der Waals surface area contributed by atoms with Gasteiger partial charge in [-0.25, -0.2) is 0 Å². The lowest BCUT2D eigenvalue weighted by Gasteiger charge is -2.06. The van der Waals surface area contributed by atoms with Crippen molar-refractivity contribution in [2.24, 2.45) is 5.92 Å². The van der Waals surface area contributed by atoms with Gasteiger partial charge < -0.3 is 5.32 Å². The van der Waals surface area contributed by atoms with E-state index in [-0.39, 0.29) is 5.91 Å². The van der Waals surface area contributed by atoms with Gasteiger partial charge in [0.05, 0.1) is 0 Å². The van der Waals surface area contributed by atoms with E-state index in [1.54, 1.807) is 11.3 Å². The van der Waals surface area contributed by atoms with Crippen LogP contribution in [0.4, 0.5) is 0 Å². The quantitative estimate of drug-likeness (QED) is 0.792. The summed E-state index contributed by atoms with van der Waals surface area (Å²) in [6, 6.07) is 4.10. The fraction of sp³-hybridized carbons (Fsp3) is 0.583. The van der Waals surface area contributed by atoms with E-state index >= 15 is 0 Å². The van der Waals surface area contributed by atoms with Crippen LogP contribution in [-0.2, 0) is 11.2 Å². The van der Waals surface area contributed by atoms with Crippen LogP contribution in [0.3, 0.4) is 0 Å². The second kappa shape index (κ2) is 6.62. The van der Waals surface area contributed by atoms with Crippen LogP contribution in [0.2, 0.25) is 0 Å². The number of aryl methyl sites for hydroxylation is 1. The smallest absolute Gasteiger partial charge is 0.220 e. The van der Waals surface area contributed by atoms with Crippen LogP contribution in [0.5, 0.6) is 0 Å². The molecule has 0 saturated carbocycles. The first-order valence-electron chi connectivity index (χ1n) is 5.47. The van der Waals surface area contributed by atoms with E-state index < -0.39 is 0 Å². The summed E-state index contributed by atoms with van der Waals surface area (Å²) in [5.74, 6) is 0.826. The van der Waals surface area contributed by atoms with Gasteiger partial charge in [0, 0.05) is 17.8 Å². The topological polar surface area (TPSA) is 29.1 Å². The van der Waals surface area contributed by atoms with E-state index in [9.17, 15) is 4.79 Å². The van der Waals surface area contributed by atoms with Crippen molar-refractivity contribution in [1.29, 1.82) is 0 Å². The number of amides is 1. The molecule has 0 aliphatic carbocycles. The van der Waals surface area contributed by atoms with Gasteiger partial charge in [0.15, 0.2) is 0 Å². The monoisotopic (exact) mass is 225 g/mol. The molecule has 1 N–H and O–H groups in total. The molecule has 0 atom stereocenters. The van der Waals surface area contributed by atoms with Gasteiger partial charge in [-0.3, -0.25) is 4.79 Å². The third-order valence-corrected chi connectivity index (χ3v) is 3.16. The minimum Gasteiger partial charge on any atom is -0.356 e. The summed E-state index contributed by atoms with van der Waals surface area (Å²) in [5.41, 5.74) is 0. The van der Waals surface area contributed by atoms with Crippen molar-refractivity contribution in [3.63, 3.8) is 0 Å². The molecule has 0 unspecified atom stereocenters. The minimum atomic E-state index is 0.170. The highest BCUT2D eigenvalue weighted by Crippen LogP contribution is 2.10. The highest BCUT2D eigenvalue weighted by molar-refractivity contribution is 7.09. The van der Waals surface area contributed by atoms with E-state index in [0.29, 0.717) is 12.3 Å². The Morgan fingerprint density at radius 3 is 2.93 bits per heavy atom. The second-order valence-electron chi connectivity index (χ2n) is 4.11. The van der Waals surface area contributed by atoms with Crippen LogP contribution >= 0.6 is 11.3 Å². The summed E-state index contributed by atoms with van der Waals surface area (Å²) in [4.78, 5) is 12.7. The maximum absolute atomic E-state index is 11.4. The molecular weight excluding hydrogens is 206 g/mol. The highest BCUT2D eigenvalue weighted by atomic mass is 32.1. The summed E-state index contributed by atoms with van der Waals surface area (Å²) in [5, 5.41) is 4.99. The molecule has 0 aliphatic rings. The van der Waals surface area contributed by atoms with Gasteiger partial charge in [0.2, 0.25) is 5.91 Å². The predicted octanol–water partition coefficient (Wildman–Crippen LogP) is 2.84. The zero-order chi connectivity index (χ0) is 11.1. The highest BCUT2D eigenvalue weighted by Gasteiger charge is 2.02. The van der Waals surface area contributed by atoms with Crippen molar-refractivity contribution in [3.8, 4) is 0 Å². The average molecular weight is 225 g/mol. The summed E-state index contributed by atoms with van der Waals surface area (Å²) in [6.07, 6.45) is 2.54. The third-order valence-electron chi connectivity index (χ3n) is 2.22. The number of carbonyl (C=O) groups excluding carboxylic acids is 1. The molecule has 1 amide bonds. The van der Waals surface area contributed by atoms with Crippen molar-refractivity contribution in [1.82, 2.24) is 5.32 Å². The Kier molecular flexibility index (Phi) is 5.40. The van der Waals surface area contributed by atoms with E-state index in [0.717, 1.165) is 19.4 Å². The van der Waals surface area contributed by atoms with E-state index in [1.807, 2.05) is 11.4 Å². The maximum Gasteiger partial charge on any atom is 0.220 e. The largest absolute Gasteiger partial charge is 0.356 e. The Morgan fingerprint density at radius 1 is 1.53 bits per heavy atom. The molecule has 0 spiro atoms. The Hall–Kier alpha value is -0.830. The van der Waals surface area contributed by atoms with E-state index in [1.165, 1.54) is 4.88 Å². The normalized spacial score (nSPS) is 10.6. The van der Waals surface area contributed by atoms with E-state index in [4.69, 9.17) is 0 Å². The van der Waals surface area contributed by atoms with Crippen LogP contribution in [0, 0.1) is 5.92 Å². The van der Waals surface area contributed by atoms with Crippen molar-refractivity contribution in [3.05, 3.63) is 22.4 Å². The summed E-state index contributed by atoms with van der Waals surface area (Å²) in [6.45, 7) is 5.14. The molecule has 0 saturated heterocycles. The number of hydrogen-bond donors (Lipinski definition) is 1. The van der Waals surface area contributed by atoms with Crippen molar-refractivity contribution in [2.45, 2.75) is 33.1 Å². The van der Waals surface area contributed by atoms with Crippen LogP contribution in [0.1, 0.15) is 31.6 Å². The average Bonchev–Trinajstić information content (AvgIpc) is 2.66. The molecule has 0 fully saturated rings. The predicted molar refractivity (Wildman–Crippen MR) is 65.1 cm³/mol. The fourth-order valence-corrected chi connectivity index (χ4v) is 1.99. The second-order valence-corrected chi connectivity index (χ2v) is 5.14. The molecule has 1 heterocycles. The molecule has 1 aromatic heterocycles. The Balaban J connectivity index is 2.09. The molecule has 0 radical (unpaired) electrons. The molecule has 3 heteroatoms. The first-order valence-corrected chi connectivity index (χ1v) is 6.35. The molecule has 0 aliphatic heterocycles. The third kappa shape index (κ3) is 5.57. The first-order chi connectivity index (χ1) is 7.18. The lowest BCUT2D eigenvalue weighted by molar-refractivity contribution is -0.121. The van der Waals surface area contributed by atoms with Gasteiger partial charge in [0.1, 0.15) is 0 Å². The van der Waals surface area contributed by atoms with E-state index in [2.05, 4.69) is 25.2 Å². The van der Waals surface area contributed by atoms with Gasteiger partial charge in [-0.2, -0.15) is 0 Å². The Labute approximate surface area is 95.7 Å². The molecule has 84 valence electrons.